The number of carbonyl (C=O) groups is 1. The highest BCUT2D eigenvalue weighted by molar-refractivity contribution is 5.83. The van der Waals surface area contributed by atoms with Crippen LogP contribution in [0.2, 0.25) is 0 Å². The lowest BCUT2D eigenvalue weighted by Crippen LogP contribution is -2.55. The lowest BCUT2D eigenvalue weighted by Gasteiger charge is -2.40. The number of esters is 1. The van der Waals surface area contributed by atoms with E-state index < -0.39 is 24.3 Å². The van der Waals surface area contributed by atoms with E-state index in [-0.39, 0.29) is 6.04 Å². The minimum absolute atomic E-state index is 0.353. The predicted molar refractivity (Wildman–Crippen MR) is 81.5 cm³/mol. The van der Waals surface area contributed by atoms with Crippen LogP contribution in [0.25, 0.3) is 0 Å². The number of alkyl halides is 1. The van der Waals surface area contributed by atoms with E-state index in [1.807, 2.05) is 4.90 Å². The molecule has 1 N–H and O–H groups in total. The van der Waals surface area contributed by atoms with Gasteiger partial charge >= 0.3 is 5.97 Å². The first-order valence-electron chi connectivity index (χ1n) is 7.74. The Hall–Kier alpha value is -1.76. The summed E-state index contributed by atoms with van der Waals surface area (Å²) in [7, 11) is 0. The van der Waals surface area contributed by atoms with E-state index in [2.05, 4.69) is 0 Å². The zero-order chi connectivity index (χ0) is 16.2. The van der Waals surface area contributed by atoms with Crippen LogP contribution < -0.4 is 0 Å². The van der Waals surface area contributed by atoms with Gasteiger partial charge in [0.05, 0.1) is 19.3 Å². The summed E-state index contributed by atoms with van der Waals surface area (Å²) in [4.78, 5) is 13.6. The Labute approximate surface area is 134 Å². The van der Waals surface area contributed by atoms with Crippen molar-refractivity contribution in [2.45, 2.75) is 24.4 Å². The Bertz CT molecular complexity index is 559. The first-order chi connectivity index (χ1) is 11.2. The zero-order valence-electron chi connectivity index (χ0n) is 12.7. The van der Waals surface area contributed by atoms with Gasteiger partial charge in [0.15, 0.2) is 12.3 Å². The summed E-state index contributed by atoms with van der Waals surface area (Å²) in [5, 5.41) is 10.5. The maximum Gasteiger partial charge on any atom is 0.330 e. The number of aliphatic hydroxyl groups is 1. The summed E-state index contributed by atoms with van der Waals surface area (Å²) < 4.78 is 25.2. The van der Waals surface area contributed by atoms with Gasteiger partial charge in [-0.3, -0.25) is 4.90 Å². The number of morpholine rings is 1. The van der Waals surface area contributed by atoms with Crippen LogP contribution in [0.5, 0.6) is 0 Å². The molecule has 0 aromatic heterocycles. The Morgan fingerprint density at radius 2 is 1.91 bits per heavy atom. The topological polar surface area (TPSA) is 59.0 Å². The molecule has 2 aliphatic rings. The van der Waals surface area contributed by atoms with E-state index in [0.29, 0.717) is 31.9 Å². The van der Waals surface area contributed by atoms with Crippen molar-refractivity contribution >= 4 is 5.97 Å². The van der Waals surface area contributed by atoms with Gasteiger partial charge in [-0.2, -0.15) is 0 Å². The van der Waals surface area contributed by atoms with Crippen LogP contribution in [0.4, 0.5) is 4.39 Å². The van der Waals surface area contributed by atoms with Gasteiger partial charge in [-0.1, -0.05) is 36.4 Å². The molecule has 3 unspecified atom stereocenters. The van der Waals surface area contributed by atoms with E-state index in [0.717, 1.165) is 0 Å². The number of rotatable bonds is 4. The van der Waals surface area contributed by atoms with Gasteiger partial charge in [0.1, 0.15) is 6.10 Å². The van der Waals surface area contributed by atoms with Gasteiger partial charge in [-0.05, 0) is 5.56 Å². The summed E-state index contributed by atoms with van der Waals surface area (Å²) in [6.45, 7) is 2.44. The van der Waals surface area contributed by atoms with Crippen molar-refractivity contribution in [1.82, 2.24) is 4.90 Å². The Balaban J connectivity index is 1.79. The fourth-order valence-electron chi connectivity index (χ4n) is 3.01. The third kappa shape index (κ3) is 3.60. The van der Waals surface area contributed by atoms with E-state index in [4.69, 9.17) is 9.47 Å². The number of ether oxygens (including phenoxy) is 2. The van der Waals surface area contributed by atoms with Crippen LogP contribution in [0.15, 0.2) is 42.5 Å². The maximum atomic E-state index is 14.7. The van der Waals surface area contributed by atoms with Crippen molar-refractivity contribution in [3.05, 3.63) is 48.0 Å². The fourth-order valence-corrected chi connectivity index (χ4v) is 3.01. The van der Waals surface area contributed by atoms with Crippen molar-refractivity contribution in [2.24, 2.45) is 0 Å². The number of halogens is 1. The average Bonchev–Trinajstić information content (AvgIpc) is 2.62. The molecule has 6 heteroatoms. The molecular weight excluding hydrogens is 301 g/mol. The molecule has 0 amide bonds. The van der Waals surface area contributed by atoms with Gasteiger partial charge in [0.25, 0.3) is 0 Å². The van der Waals surface area contributed by atoms with Gasteiger partial charge in [0, 0.05) is 19.2 Å². The van der Waals surface area contributed by atoms with E-state index in [9.17, 15) is 14.3 Å². The molecule has 0 bridgehead atoms. The smallest absolute Gasteiger partial charge is 0.330 e. The normalized spacial score (nSPS) is 28.2. The Morgan fingerprint density at radius 3 is 2.61 bits per heavy atom. The maximum absolute atomic E-state index is 14.7. The molecule has 5 nitrogen and oxygen atoms in total. The zero-order valence-corrected chi connectivity index (χ0v) is 12.7. The van der Waals surface area contributed by atoms with Gasteiger partial charge < -0.3 is 14.6 Å². The molecular formula is C17H20FNO4. The monoisotopic (exact) mass is 321 g/mol. The number of hydrogen-bond acceptors (Lipinski definition) is 5. The first-order valence-corrected chi connectivity index (χ1v) is 7.74. The number of benzene rings is 1. The van der Waals surface area contributed by atoms with Crippen LogP contribution >= 0.6 is 0 Å². The van der Waals surface area contributed by atoms with Crippen molar-refractivity contribution in [3.8, 4) is 0 Å². The molecule has 1 aromatic carbocycles. The van der Waals surface area contributed by atoms with Gasteiger partial charge in [-0.25, -0.2) is 9.18 Å². The molecule has 1 saturated heterocycles. The van der Waals surface area contributed by atoms with Crippen molar-refractivity contribution < 1.29 is 23.8 Å². The lowest BCUT2D eigenvalue weighted by molar-refractivity contribution is -0.161. The van der Waals surface area contributed by atoms with Crippen LogP contribution in [0, 0.1) is 0 Å². The molecule has 4 atom stereocenters. The SMILES string of the molecule is O=C1C=CC(N2CCOCC2)[C@H](C(O)C(F)c2ccccc2)O1. The summed E-state index contributed by atoms with van der Waals surface area (Å²) in [6, 6.07) is 8.06. The molecule has 23 heavy (non-hydrogen) atoms. The molecule has 0 aliphatic carbocycles. The van der Waals surface area contributed by atoms with E-state index in [1.54, 1.807) is 36.4 Å². The van der Waals surface area contributed by atoms with E-state index >= 15 is 0 Å². The summed E-state index contributed by atoms with van der Waals surface area (Å²) in [5.41, 5.74) is 0.367. The molecule has 2 heterocycles. The second-order valence-electron chi connectivity index (χ2n) is 5.70. The number of nitrogens with zero attached hydrogens (tertiary/aromatic N) is 1. The molecule has 124 valence electrons. The first kappa shape index (κ1) is 16.1. The van der Waals surface area contributed by atoms with Crippen LogP contribution in [0.3, 0.4) is 0 Å². The lowest BCUT2D eigenvalue weighted by atomic mass is 9.94. The second-order valence-corrected chi connectivity index (χ2v) is 5.70. The Kier molecular flexibility index (Phi) is 5.05. The molecule has 1 aromatic rings. The van der Waals surface area contributed by atoms with Crippen molar-refractivity contribution in [1.29, 1.82) is 0 Å². The molecule has 0 radical (unpaired) electrons. The minimum Gasteiger partial charge on any atom is -0.454 e. The van der Waals surface area contributed by atoms with Crippen LogP contribution in [0.1, 0.15) is 11.7 Å². The van der Waals surface area contributed by atoms with Gasteiger partial charge in [0.2, 0.25) is 0 Å². The van der Waals surface area contributed by atoms with Gasteiger partial charge in [-0.15, -0.1) is 0 Å². The predicted octanol–water partition coefficient (Wildman–Crippen LogP) is 1.24. The molecule has 1 fully saturated rings. The summed E-state index contributed by atoms with van der Waals surface area (Å²) >= 11 is 0. The number of carbonyl (C=O) groups excluding carboxylic acids is 1. The van der Waals surface area contributed by atoms with E-state index in [1.165, 1.54) is 6.08 Å². The molecule has 3 rings (SSSR count). The number of aliphatic hydroxyl groups excluding tert-OH is 1. The number of hydrogen-bond donors (Lipinski definition) is 1. The fraction of sp³-hybridized carbons (Fsp3) is 0.471. The summed E-state index contributed by atoms with van der Waals surface area (Å²) in [6.07, 6.45) is -0.981. The quantitative estimate of drug-likeness (QED) is 0.846. The average molecular weight is 321 g/mol. The third-order valence-corrected chi connectivity index (χ3v) is 4.24. The van der Waals surface area contributed by atoms with Crippen molar-refractivity contribution in [2.75, 3.05) is 26.3 Å². The second kappa shape index (κ2) is 7.21. The highest BCUT2D eigenvalue weighted by Crippen LogP contribution is 2.29. The third-order valence-electron chi connectivity index (χ3n) is 4.24. The van der Waals surface area contributed by atoms with Crippen molar-refractivity contribution in [3.63, 3.8) is 0 Å². The molecule has 0 saturated carbocycles. The Morgan fingerprint density at radius 1 is 1.22 bits per heavy atom. The minimum atomic E-state index is -1.62. The molecule has 0 spiro atoms. The van der Waals surface area contributed by atoms with Crippen LogP contribution in [-0.4, -0.2) is 60.5 Å². The largest absolute Gasteiger partial charge is 0.454 e. The van der Waals surface area contributed by atoms with Crippen LogP contribution in [-0.2, 0) is 14.3 Å². The highest BCUT2D eigenvalue weighted by Gasteiger charge is 2.41. The number of cyclic esters (lactones) is 1. The highest BCUT2D eigenvalue weighted by atomic mass is 19.1. The standard InChI is InChI=1S/C17H20FNO4/c18-15(12-4-2-1-3-5-12)16(21)17-13(6-7-14(20)23-17)19-8-10-22-11-9-19/h1-7,13,15-17,21H,8-11H2/t13?,15?,16?,17-/m1/s1. The molecule has 2 aliphatic heterocycles. The summed E-state index contributed by atoms with van der Waals surface area (Å²) in [5.74, 6) is -0.557.